The first-order chi connectivity index (χ1) is 7.66. The fraction of sp³-hybridized carbons (Fsp3) is 0.500. The Hall–Kier alpha value is -1.16. The van der Waals surface area contributed by atoms with E-state index in [4.69, 9.17) is 10.5 Å². The van der Waals surface area contributed by atoms with Gasteiger partial charge in [-0.3, -0.25) is 0 Å². The topological polar surface area (TPSA) is 35.2 Å². The van der Waals surface area contributed by atoms with Gasteiger partial charge in [-0.25, -0.2) is 8.78 Å². The minimum atomic E-state index is -2.44. The van der Waals surface area contributed by atoms with Crippen molar-refractivity contribution in [3.05, 3.63) is 29.3 Å². The largest absolute Gasteiger partial charge is 0.488 e. The van der Waals surface area contributed by atoms with Crippen LogP contribution in [0.2, 0.25) is 0 Å². The predicted octanol–water partition coefficient (Wildman–Crippen LogP) is 2.67. The third-order valence-corrected chi connectivity index (χ3v) is 2.85. The molecule has 1 aliphatic carbocycles. The molecule has 2 rings (SSSR count). The molecule has 0 fully saturated rings. The summed E-state index contributed by atoms with van der Waals surface area (Å²) in [7, 11) is 0. The highest BCUT2D eigenvalue weighted by Gasteiger charge is 2.17. The van der Waals surface area contributed by atoms with Crippen molar-refractivity contribution in [3.63, 3.8) is 0 Å². The van der Waals surface area contributed by atoms with Gasteiger partial charge in [-0.2, -0.15) is 0 Å². The zero-order valence-corrected chi connectivity index (χ0v) is 8.96. The quantitative estimate of drug-likeness (QED) is 0.861. The van der Waals surface area contributed by atoms with Crippen LogP contribution < -0.4 is 10.5 Å². The SMILES string of the molecule is NC1CCCc2ccc(OCC(F)F)cc21. The molecule has 0 aliphatic heterocycles. The van der Waals surface area contributed by atoms with Crippen molar-refractivity contribution in [3.8, 4) is 5.75 Å². The number of alkyl halides is 2. The average Bonchev–Trinajstić information content (AvgIpc) is 2.27. The van der Waals surface area contributed by atoms with E-state index in [1.54, 1.807) is 12.1 Å². The van der Waals surface area contributed by atoms with Crippen molar-refractivity contribution in [1.82, 2.24) is 0 Å². The van der Waals surface area contributed by atoms with Crippen LogP contribution >= 0.6 is 0 Å². The molecular weight excluding hydrogens is 212 g/mol. The van der Waals surface area contributed by atoms with Crippen molar-refractivity contribution < 1.29 is 13.5 Å². The number of rotatable bonds is 3. The number of aryl methyl sites for hydroxylation is 1. The fourth-order valence-electron chi connectivity index (χ4n) is 2.06. The van der Waals surface area contributed by atoms with Gasteiger partial charge in [0.05, 0.1) is 0 Å². The van der Waals surface area contributed by atoms with Crippen LogP contribution in [0, 0.1) is 0 Å². The van der Waals surface area contributed by atoms with Crippen molar-refractivity contribution in [2.75, 3.05) is 6.61 Å². The zero-order chi connectivity index (χ0) is 11.5. The number of halogens is 2. The van der Waals surface area contributed by atoms with Crippen molar-refractivity contribution >= 4 is 0 Å². The fourth-order valence-corrected chi connectivity index (χ4v) is 2.06. The second kappa shape index (κ2) is 4.78. The van der Waals surface area contributed by atoms with E-state index in [2.05, 4.69) is 0 Å². The maximum absolute atomic E-state index is 12.0. The zero-order valence-electron chi connectivity index (χ0n) is 8.96. The van der Waals surface area contributed by atoms with Crippen LogP contribution in [-0.2, 0) is 6.42 Å². The first-order valence-electron chi connectivity index (χ1n) is 5.46. The molecule has 1 atom stereocenters. The van der Waals surface area contributed by atoms with Gasteiger partial charge in [0.15, 0.2) is 0 Å². The highest BCUT2D eigenvalue weighted by Crippen LogP contribution is 2.30. The van der Waals surface area contributed by atoms with Gasteiger partial charge in [0.2, 0.25) is 0 Å². The number of ether oxygens (including phenoxy) is 1. The molecule has 0 aromatic heterocycles. The molecule has 1 aromatic carbocycles. The molecule has 1 aliphatic rings. The van der Waals surface area contributed by atoms with Gasteiger partial charge < -0.3 is 10.5 Å². The van der Waals surface area contributed by atoms with E-state index in [0.29, 0.717) is 5.75 Å². The Labute approximate surface area is 93.4 Å². The van der Waals surface area contributed by atoms with E-state index in [9.17, 15) is 8.78 Å². The van der Waals surface area contributed by atoms with Crippen LogP contribution in [0.25, 0.3) is 0 Å². The molecule has 0 radical (unpaired) electrons. The predicted molar refractivity (Wildman–Crippen MR) is 57.8 cm³/mol. The van der Waals surface area contributed by atoms with Gasteiger partial charge in [0.1, 0.15) is 12.4 Å². The lowest BCUT2D eigenvalue weighted by Crippen LogP contribution is -2.17. The summed E-state index contributed by atoms with van der Waals surface area (Å²) in [6.45, 7) is -0.561. The molecule has 88 valence electrons. The summed E-state index contributed by atoms with van der Waals surface area (Å²) in [6.07, 6.45) is 0.610. The van der Waals surface area contributed by atoms with Crippen LogP contribution in [0.3, 0.4) is 0 Å². The summed E-state index contributed by atoms with van der Waals surface area (Å²) in [5, 5.41) is 0. The maximum Gasteiger partial charge on any atom is 0.272 e. The summed E-state index contributed by atoms with van der Waals surface area (Å²) in [5.41, 5.74) is 8.22. The van der Waals surface area contributed by atoms with Gasteiger partial charge in [0.25, 0.3) is 6.43 Å². The van der Waals surface area contributed by atoms with Crippen molar-refractivity contribution in [2.24, 2.45) is 5.73 Å². The summed E-state index contributed by atoms with van der Waals surface area (Å²) in [6, 6.07) is 5.47. The Morgan fingerprint density at radius 2 is 2.25 bits per heavy atom. The molecule has 0 bridgehead atoms. The summed E-state index contributed by atoms with van der Waals surface area (Å²) in [4.78, 5) is 0. The van der Waals surface area contributed by atoms with Crippen molar-refractivity contribution in [2.45, 2.75) is 31.7 Å². The molecule has 0 heterocycles. The number of benzene rings is 1. The normalized spacial score (nSPS) is 19.6. The highest BCUT2D eigenvalue weighted by atomic mass is 19.3. The van der Waals surface area contributed by atoms with Gasteiger partial charge >= 0.3 is 0 Å². The average molecular weight is 227 g/mol. The molecule has 1 unspecified atom stereocenters. The van der Waals surface area contributed by atoms with Gasteiger partial charge in [-0.15, -0.1) is 0 Å². The third-order valence-electron chi connectivity index (χ3n) is 2.85. The first-order valence-corrected chi connectivity index (χ1v) is 5.46. The standard InChI is InChI=1S/C12H15F2NO/c13-12(14)7-16-9-5-4-8-2-1-3-11(15)10(8)6-9/h4-6,11-12H,1-3,7,15H2. The lowest BCUT2D eigenvalue weighted by molar-refractivity contribution is 0.0818. The van der Waals surface area contributed by atoms with E-state index in [-0.39, 0.29) is 6.04 Å². The van der Waals surface area contributed by atoms with Gasteiger partial charge in [-0.05, 0) is 42.5 Å². The smallest absolute Gasteiger partial charge is 0.272 e. The Bertz CT molecular complexity index is 368. The molecule has 0 saturated heterocycles. The summed E-state index contributed by atoms with van der Waals surface area (Å²) >= 11 is 0. The number of hydrogen-bond donors (Lipinski definition) is 1. The van der Waals surface area contributed by atoms with Crippen LogP contribution in [0.5, 0.6) is 5.75 Å². The van der Waals surface area contributed by atoms with E-state index in [0.717, 1.165) is 24.8 Å². The molecule has 1 aromatic rings. The molecule has 0 amide bonds. The van der Waals surface area contributed by atoms with E-state index >= 15 is 0 Å². The molecule has 0 saturated carbocycles. The Balaban J connectivity index is 2.14. The summed E-state index contributed by atoms with van der Waals surface area (Å²) < 4.78 is 28.9. The van der Waals surface area contributed by atoms with Crippen LogP contribution in [0.1, 0.15) is 30.0 Å². The first kappa shape index (κ1) is 11.3. The Morgan fingerprint density at radius 3 is 3.00 bits per heavy atom. The molecule has 16 heavy (non-hydrogen) atoms. The molecule has 0 spiro atoms. The molecule has 2 N–H and O–H groups in total. The van der Waals surface area contributed by atoms with Crippen LogP contribution in [0.4, 0.5) is 8.78 Å². The van der Waals surface area contributed by atoms with Gasteiger partial charge in [0, 0.05) is 6.04 Å². The Morgan fingerprint density at radius 1 is 1.44 bits per heavy atom. The maximum atomic E-state index is 12.0. The number of nitrogens with two attached hydrogens (primary N) is 1. The molecule has 2 nitrogen and oxygen atoms in total. The van der Waals surface area contributed by atoms with Crippen molar-refractivity contribution in [1.29, 1.82) is 0 Å². The van der Waals surface area contributed by atoms with E-state index in [1.165, 1.54) is 5.56 Å². The summed E-state index contributed by atoms with van der Waals surface area (Å²) in [5.74, 6) is 0.483. The number of fused-ring (bicyclic) bond motifs is 1. The lowest BCUT2D eigenvalue weighted by Gasteiger charge is -2.22. The molecular formula is C12H15F2NO. The van der Waals surface area contributed by atoms with E-state index < -0.39 is 13.0 Å². The minimum Gasteiger partial charge on any atom is -0.488 e. The van der Waals surface area contributed by atoms with Crippen LogP contribution in [0.15, 0.2) is 18.2 Å². The van der Waals surface area contributed by atoms with Crippen LogP contribution in [-0.4, -0.2) is 13.0 Å². The highest BCUT2D eigenvalue weighted by molar-refractivity contribution is 5.39. The third kappa shape index (κ3) is 2.50. The molecule has 4 heteroatoms. The Kier molecular flexibility index (Phi) is 3.39. The second-order valence-electron chi connectivity index (χ2n) is 4.06. The minimum absolute atomic E-state index is 0.0128. The van der Waals surface area contributed by atoms with E-state index in [1.807, 2.05) is 6.07 Å². The van der Waals surface area contributed by atoms with Gasteiger partial charge in [-0.1, -0.05) is 6.07 Å². The number of hydrogen-bond acceptors (Lipinski definition) is 2. The second-order valence-corrected chi connectivity index (χ2v) is 4.06. The lowest BCUT2D eigenvalue weighted by atomic mass is 9.88. The monoisotopic (exact) mass is 227 g/mol.